The Morgan fingerprint density at radius 1 is 0.889 bits per heavy atom. The van der Waals surface area contributed by atoms with E-state index in [1.165, 1.54) is 38.5 Å². The minimum Gasteiger partial charge on any atom is -0.0938 e. The average Bonchev–Trinajstić information content (AvgIpc) is 2.10. The van der Waals surface area contributed by atoms with Gasteiger partial charge in [-0.2, -0.15) is 0 Å². The largest absolute Gasteiger partial charge is 0.0938 e. The molecule has 4 aliphatic carbocycles. The molecule has 4 aliphatic rings. The van der Waals surface area contributed by atoms with E-state index < -0.39 is 5.21 Å². The van der Waals surface area contributed by atoms with Gasteiger partial charge in [0.15, 0.2) is 0 Å². The summed E-state index contributed by atoms with van der Waals surface area (Å²) in [6.45, 7) is 6.56. The molecule has 0 saturated heterocycles. The van der Waals surface area contributed by atoms with Crippen molar-refractivity contribution >= 4 is 15.7 Å². The lowest BCUT2D eigenvalue weighted by Gasteiger charge is -2.60. The quantitative estimate of drug-likeness (QED) is 0.637. The molecule has 4 rings (SSSR count). The summed E-state index contributed by atoms with van der Waals surface area (Å²) < 4.78 is 0. The van der Waals surface area contributed by atoms with Crippen LogP contribution in [0.25, 0.3) is 0 Å². The van der Waals surface area contributed by atoms with E-state index in [2.05, 4.69) is 20.8 Å². The van der Waals surface area contributed by atoms with Crippen LogP contribution in [0.4, 0.5) is 0 Å². The molecule has 18 heavy (non-hydrogen) atoms. The van der Waals surface area contributed by atoms with Crippen LogP contribution in [0.3, 0.4) is 0 Å². The van der Waals surface area contributed by atoms with Crippen molar-refractivity contribution in [2.45, 2.75) is 70.9 Å². The molecule has 0 aromatic heterocycles. The highest BCUT2D eigenvalue weighted by atomic mass is 14.6. The van der Waals surface area contributed by atoms with Crippen molar-refractivity contribution in [3.8, 4) is 0 Å². The van der Waals surface area contributed by atoms with Gasteiger partial charge in [-0.15, -0.1) is 0 Å². The molecule has 4 bridgehead atoms. The van der Waals surface area contributed by atoms with Crippen LogP contribution in [0.5, 0.6) is 0 Å². The molecular formula is C16H26B2. The fourth-order valence-electron chi connectivity index (χ4n) is 5.39. The van der Waals surface area contributed by atoms with Gasteiger partial charge in [0.2, 0.25) is 0 Å². The Hall–Kier alpha value is 0.130. The molecule has 2 heteroatoms. The van der Waals surface area contributed by atoms with Crippen molar-refractivity contribution in [3.63, 3.8) is 0 Å². The van der Waals surface area contributed by atoms with Crippen molar-refractivity contribution in [1.82, 2.24) is 0 Å². The SMILES string of the molecule is [B]C([B])(CC12CC3CC(CC(C3)C1)C2)C(C)(C)C. The van der Waals surface area contributed by atoms with E-state index in [1.807, 2.05) is 0 Å². The molecule has 0 amide bonds. The summed E-state index contributed by atoms with van der Waals surface area (Å²) in [5, 5.41) is -0.515. The predicted molar refractivity (Wildman–Crippen MR) is 78.9 cm³/mol. The molecule has 0 unspecified atom stereocenters. The van der Waals surface area contributed by atoms with Crippen LogP contribution in [-0.2, 0) is 0 Å². The van der Waals surface area contributed by atoms with Crippen LogP contribution in [0.1, 0.15) is 65.7 Å². The molecule has 4 saturated carbocycles. The van der Waals surface area contributed by atoms with Gasteiger partial charge in [0, 0.05) is 0 Å². The highest BCUT2D eigenvalue weighted by molar-refractivity contribution is 6.40. The Balaban J connectivity index is 1.80. The minimum absolute atomic E-state index is 0.00364. The first-order valence-corrected chi connectivity index (χ1v) is 7.77. The third-order valence-corrected chi connectivity index (χ3v) is 6.23. The molecule has 0 aliphatic heterocycles. The van der Waals surface area contributed by atoms with Gasteiger partial charge in [0.1, 0.15) is 0 Å². The fraction of sp³-hybridized carbons (Fsp3) is 1.00. The Morgan fingerprint density at radius 2 is 1.28 bits per heavy atom. The lowest BCUT2D eigenvalue weighted by atomic mass is 9.36. The lowest BCUT2D eigenvalue weighted by molar-refractivity contribution is -0.0642. The van der Waals surface area contributed by atoms with E-state index in [0.717, 1.165) is 24.2 Å². The van der Waals surface area contributed by atoms with Crippen LogP contribution in [-0.4, -0.2) is 15.7 Å². The van der Waals surface area contributed by atoms with Crippen molar-refractivity contribution in [2.75, 3.05) is 0 Å². The van der Waals surface area contributed by atoms with Gasteiger partial charge in [-0.25, -0.2) is 0 Å². The van der Waals surface area contributed by atoms with Crippen molar-refractivity contribution < 1.29 is 0 Å². The van der Waals surface area contributed by atoms with Crippen molar-refractivity contribution in [1.29, 1.82) is 0 Å². The third kappa shape index (κ3) is 2.08. The Morgan fingerprint density at radius 3 is 1.61 bits per heavy atom. The second-order valence-electron chi connectivity index (χ2n) is 8.88. The summed E-state index contributed by atoms with van der Waals surface area (Å²) >= 11 is 0. The zero-order valence-corrected chi connectivity index (χ0v) is 12.3. The van der Waals surface area contributed by atoms with Gasteiger partial charge < -0.3 is 0 Å². The molecule has 4 radical (unpaired) electrons. The Kier molecular flexibility index (Phi) is 2.79. The van der Waals surface area contributed by atoms with Gasteiger partial charge in [-0.05, 0) is 67.1 Å². The third-order valence-electron chi connectivity index (χ3n) is 6.23. The van der Waals surface area contributed by atoms with E-state index in [9.17, 15) is 0 Å². The van der Waals surface area contributed by atoms with E-state index >= 15 is 0 Å². The van der Waals surface area contributed by atoms with E-state index in [-0.39, 0.29) is 5.41 Å². The molecule has 0 N–H and O–H groups in total. The van der Waals surface area contributed by atoms with Gasteiger partial charge in [0.25, 0.3) is 0 Å². The standard InChI is InChI=1S/C16H26B2/c1-14(2,3)16(17,18)10-15-7-11-4-12(8-15)6-13(5-11)9-15/h11-13H,4-10H2,1-3H3. The smallest absolute Gasteiger partial charge is 0.0627 e. The zero-order chi connectivity index (χ0) is 13.2. The normalized spacial score (nSPS) is 43.4. The second-order valence-corrected chi connectivity index (χ2v) is 8.88. The van der Waals surface area contributed by atoms with Crippen LogP contribution in [0.15, 0.2) is 0 Å². The summed E-state index contributed by atoms with van der Waals surface area (Å²) in [5.41, 5.74) is 0.488. The van der Waals surface area contributed by atoms with Crippen molar-refractivity contribution in [3.05, 3.63) is 0 Å². The highest BCUT2D eigenvalue weighted by Gasteiger charge is 2.53. The number of rotatable bonds is 2. The van der Waals surface area contributed by atoms with Gasteiger partial charge in [-0.3, -0.25) is 0 Å². The maximum atomic E-state index is 6.49. The zero-order valence-electron chi connectivity index (χ0n) is 12.3. The van der Waals surface area contributed by atoms with Crippen LogP contribution in [0.2, 0.25) is 5.21 Å². The molecule has 0 spiro atoms. The second kappa shape index (κ2) is 3.83. The molecule has 96 valence electrons. The summed E-state index contributed by atoms with van der Waals surface area (Å²) in [4.78, 5) is 0. The van der Waals surface area contributed by atoms with E-state index in [4.69, 9.17) is 15.7 Å². The van der Waals surface area contributed by atoms with E-state index in [0.29, 0.717) is 5.41 Å². The highest BCUT2D eigenvalue weighted by Crippen LogP contribution is 2.64. The number of hydrogen-bond donors (Lipinski definition) is 0. The maximum Gasteiger partial charge on any atom is 0.0627 e. The van der Waals surface area contributed by atoms with Gasteiger partial charge >= 0.3 is 0 Å². The summed E-state index contributed by atoms with van der Waals surface area (Å²) in [6, 6.07) is 0. The first-order valence-electron chi connectivity index (χ1n) is 7.77. The Bertz CT molecular complexity index is 302. The molecule has 0 aromatic rings. The molecule has 0 atom stereocenters. The molecule has 4 fully saturated rings. The average molecular weight is 240 g/mol. The predicted octanol–water partition coefficient (Wildman–Crippen LogP) is 4.09. The topological polar surface area (TPSA) is 0 Å². The fourth-order valence-corrected chi connectivity index (χ4v) is 5.39. The maximum absolute atomic E-state index is 6.49. The number of hydrogen-bond acceptors (Lipinski definition) is 0. The van der Waals surface area contributed by atoms with Crippen LogP contribution < -0.4 is 0 Å². The first-order chi connectivity index (χ1) is 8.19. The summed E-state index contributed by atoms with van der Waals surface area (Å²) in [7, 11) is 13.0. The Labute approximate surface area is 115 Å². The minimum atomic E-state index is -0.515. The molecule has 0 heterocycles. The van der Waals surface area contributed by atoms with Crippen LogP contribution in [0, 0.1) is 28.6 Å². The van der Waals surface area contributed by atoms with Crippen LogP contribution >= 0.6 is 0 Å². The molecular weight excluding hydrogens is 214 g/mol. The van der Waals surface area contributed by atoms with E-state index in [1.54, 1.807) is 0 Å². The lowest BCUT2D eigenvalue weighted by Crippen LogP contribution is -2.49. The molecule has 0 nitrogen and oxygen atoms in total. The van der Waals surface area contributed by atoms with Crippen molar-refractivity contribution in [2.24, 2.45) is 28.6 Å². The molecule has 0 aromatic carbocycles. The monoisotopic (exact) mass is 240 g/mol. The first kappa shape index (κ1) is 13.1. The van der Waals surface area contributed by atoms with Gasteiger partial charge in [-0.1, -0.05) is 32.4 Å². The van der Waals surface area contributed by atoms with Gasteiger partial charge in [0.05, 0.1) is 15.7 Å². The summed E-state index contributed by atoms with van der Waals surface area (Å²) in [6.07, 6.45) is 9.75. The summed E-state index contributed by atoms with van der Waals surface area (Å²) in [5.74, 6) is 2.98.